The quantitative estimate of drug-likeness (QED) is 0.663. The van der Waals surface area contributed by atoms with Crippen LogP contribution in [-0.2, 0) is 19.4 Å². The Bertz CT molecular complexity index is 414. The molecule has 92 valence electrons. The van der Waals surface area contributed by atoms with Crippen LogP contribution in [0.4, 0.5) is 13.2 Å². The van der Waals surface area contributed by atoms with Crippen molar-refractivity contribution in [2.45, 2.75) is 23.8 Å². The number of halogens is 3. The molecule has 1 aliphatic rings. The van der Waals surface area contributed by atoms with Crippen LogP contribution in [0.25, 0.3) is 0 Å². The monoisotopic (exact) mass is 260 g/mol. The first-order valence-corrected chi connectivity index (χ1v) is 5.54. The van der Waals surface area contributed by atoms with Crippen LogP contribution in [-0.4, -0.2) is 36.1 Å². The van der Waals surface area contributed by atoms with Crippen molar-refractivity contribution in [1.82, 2.24) is 4.90 Å². The van der Waals surface area contributed by atoms with Gasteiger partial charge >= 0.3 is 5.51 Å². The highest BCUT2D eigenvalue weighted by Gasteiger charge is 2.54. The van der Waals surface area contributed by atoms with Gasteiger partial charge < -0.3 is 0 Å². The van der Waals surface area contributed by atoms with Gasteiger partial charge in [0.15, 0.2) is 0 Å². The molecule has 6 nitrogen and oxygen atoms in total. The standard InChI is InChI=1S/C6H7F3N2O4S/c7-6(8,9)16(14,15)5(10)11-3(12)1-2-4(11)13/h5H,1-2,10H2. The molecule has 0 aromatic rings. The second-order valence-corrected chi connectivity index (χ2v) is 5.07. The lowest BCUT2D eigenvalue weighted by molar-refractivity contribution is -0.139. The van der Waals surface area contributed by atoms with Crippen LogP contribution in [0.15, 0.2) is 0 Å². The molecular weight excluding hydrogens is 253 g/mol. The second kappa shape index (κ2) is 3.70. The smallest absolute Gasteiger partial charge is 0.298 e. The number of imide groups is 1. The molecule has 0 bridgehead atoms. The van der Waals surface area contributed by atoms with Crippen LogP contribution in [0.5, 0.6) is 0 Å². The zero-order valence-corrected chi connectivity index (χ0v) is 8.51. The van der Waals surface area contributed by atoms with E-state index in [1.54, 1.807) is 0 Å². The van der Waals surface area contributed by atoms with Gasteiger partial charge in [-0.15, -0.1) is 0 Å². The lowest BCUT2D eigenvalue weighted by atomic mass is 10.4. The molecule has 0 spiro atoms. The minimum Gasteiger partial charge on any atom is -0.298 e. The maximum atomic E-state index is 12.1. The predicted octanol–water partition coefficient (Wildman–Crippen LogP) is -0.688. The molecule has 2 N–H and O–H groups in total. The molecule has 1 rings (SSSR count). The molecule has 2 amide bonds. The van der Waals surface area contributed by atoms with Gasteiger partial charge in [0.05, 0.1) is 0 Å². The number of carbonyl (C=O) groups is 2. The van der Waals surface area contributed by atoms with E-state index in [1.165, 1.54) is 0 Å². The number of hydrogen-bond donors (Lipinski definition) is 1. The van der Waals surface area contributed by atoms with E-state index in [0.29, 0.717) is 0 Å². The Hall–Kier alpha value is -1.16. The molecular formula is C6H7F3N2O4S. The third-order valence-electron chi connectivity index (χ3n) is 1.99. The number of nitrogens with two attached hydrogens (primary N) is 1. The molecule has 1 atom stereocenters. The fraction of sp³-hybridized carbons (Fsp3) is 0.667. The summed E-state index contributed by atoms with van der Waals surface area (Å²) in [6.07, 6.45) is -0.667. The lowest BCUT2D eigenvalue weighted by Crippen LogP contribution is -2.54. The van der Waals surface area contributed by atoms with Crippen molar-refractivity contribution in [2.75, 3.05) is 0 Å². The van der Waals surface area contributed by atoms with E-state index in [1.807, 2.05) is 0 Å². The van der Waals surface area contributed by atoms with E-state index >= 15 is 0 Å². The summed E-state index contributed by atoms with van der Waals surface area (Å²) >= 11 is 0. The van der Waals surface area contributed by atoms with Crippen molar-refractivity contribution in [3.05, 3.63) is 0 Å². The highest BCUT2D eigenvalue weighted by Crippen LogP contribution is 2.28. The van der Waals surface area contributed by atoms with Crippen molar-refractivity contribution in [3.63, 3.8) is 0 Å². The first kappa shape index (κ1) is 12.9. The largest absolute Gasteiger partial charge is 0.500 e. The summed E-state index contributed by atoms with van der Waals surface area (Å²) in [5.74, 6) is -2.05. The maximum Gasteiger partial charge on any atom is 0.500 e. The number of nitrogens with zero attached hydrogens (tertiary/aromatic N) is 1. The van der Waals surface area contributed by atoms with Gasteiger partial charge in [0, 0.05) is 12.8 Å². The maximum absolute atomic E-state index is 12.1. The molecule has 1 unspecified atom stereocenters. The van der Waals surface area contributed by atoms with Gasteiger partial charge in [-0.2, -0.15) is 13.2 Å². The molecule has 0 aromatic carbocycles. The first-order chi connectivity index (χ1) is 7.09. The zero-order valence-electron chi connectivity index (χ0n) is 7.69. The highest BCUT2D eigenvalue weighted by molar-refractivity contribution is 7.92. The number of sulfone groups is 1. The molecule has 0 radical (unpaired) electrons. The Kier molecular flexibility index (Phi) is 2.98. The molecule has 0 saturated carbocycles. The SMILES string of the molecule is NC(N1C(=O)CCC1=O)S(=O)(=O)C(F)(F)F. The van der Waals surface area contributed by atoms with E-state index < -0.39 is 32.7 Å². The van der Waals surface area contributed by atoms with E-state index in [-0.39, 0.29) is 17.7 Å². The molecule has 1 heterocycles. The Morgan fingerprint density at radius 2 is 1.56 bits per heavy atom. The summed E-state index contributed by atoms with van der Waals surface area (Å²) in [6.45, 7) is 0. The van der Waals surface area contributed by atoms with E-state index in [9.17, 15) is 31.2 Å². The highest BCUT2D eigenvalue weighted by atomic mass is 32.2. The van der Waals surface area contributed by atoms with Crippen LogP contribution in [0.3, 0.4) is 0 Å². The van der Waals surface area contributed by atoms with Gasteiger partial charge in [-0.25, -0.2) is 8.42 Å². The Balaban J connectivity index is 3.08. The number of hydrogen-bond acceptors (Lipinski definition) is 5. The average Bonchev–Trinajstić information content (AvgIpc) is 2.43. The molecule has 10 heteroatoms. The summed E-state index contributed by atoms with van der Waals surface area (Å²) in [4.78, 5) is 21.9. The lowest BCUT2D eigenvalue weighted by Gasteiger charge is -2.22. The fourth-order valence-electron chi connectivity index (χ4n) is 1.15. The van der Waals surface area contributed by atoms with E-state index in [0.717, 1.165) is 0 Å². The molecule has 0 aliphatic carbocycles. The number of rotatable bonds is 2. The van der Waals surface area contributed by atoms with Crippen molar-refractivity contribution in [3.8, 4) is 0 Å². The van der Waals surface area contributed by atoms with E-state index in [4.69, 9.17) is 5.73 Å². The number of carbonyl (C=O) groups excluding carboxylic acids is 2. The number of likely N-dealkylation sites (tertiary alicyclic amines) is 1. The van der Waals surface area contributed by atoms with Crippen LogP contribution < -0.4 is 5.73 Å². The second-order valence-electron chi connectivity index (χ2n) is 3.04. The minimum absolute atomic E-state index is 0.0666. The number of alkyl halides is 3. The summed E-state index contributed by atoms with van der Waals surface area (Å²) in [5.41, 5.74) is -3.50. The average molecular weight is 260 g/mol. The number of amides is 2. The van der Waals surface area contributed by atoms with Crippen molar-refractivity contribution in [2.24, 2.45) is 5.73 Å². The van der Waals surface area contributed by atoms with E-state index in [2.05, 4.69) is 0 Å². The predicted molar refractivity (Wildman–Crippen MR) is 44.0 cm³/mol. The molecule has 1 fully saturated rings. The topological polar surface area (TPSA) is 97.5 Å². The zero-order chi connectivity index (χ0) is 12.7. The Morgan fingerprint density at radius 3 is 1.88 bits per heavy atom. The third-order valence-corrected chi connectivity index (χ3v) is 3.48. The van der Waals surface area contributed by atoms with Gasteiger partial charge in [0.25, 0.3) is 9.84 Å². The van der Waals surface area contributed by atoms with Crippen molar-refractivity contribution >= 4 is 21.7 Å². The van der Waals surface area contributed by atoms with Gasteiger partial charge in [-0.1, -0.05) is 0 Å². The van der Waals surface area contributed by atoms with Gasteiger partial charge in [0.2, 0.25) is 17.3 Å². The fourth-order valence-corrected chi connectivity index (χ4v) is 1.94. The molecule has 16 heavy (non-hydrogen) atoms. The van der Waals surface area contributed by atoms with Crippen molar-refractivity contribution < 1.29 is 31.2 Å². The van der Waals surface area contributed by atoms with Crippen LogP contribution >= 0.6 is 0 Å². The Labute approximate surface area is 88.1 Å². The summed E-state index contributed by atoms with van der Waals surface area (Å²) in [7, 11) is -5.76. The third kappa shape index (κ3) is 1.89. The van der Waals surface area contributed by atoms with Gasteiger partial charge in [-0.05, 0) is 0 Å². The van der Waals surface area contributed by atoms with Crippen LogP contribution in [0.1, 0.15) is 12.8 Å². The van der Waals surface area contributed by atoms with Crippen LogP contribution in [0, 0.1) is 0 Å². The molecule has 0 aromatic heterocycles. The summed E-state index contributed by atoms with van der Waals surface area (Å²) < 4.78 is 57.9. The summed E-state index contributed by atoms with van der Waals surface area (Å²) in [5, 5.41) is 0. The molecule has 1 saturated heterocycles. The van der Waals surface area contributed by atoms with Gasteiger partial charge in [0.1, 0.15) is 0 Å². The first-order valence-electron chi connectivity index (χ1n) is 3.99. The normalized spacial score (nSPS) is 20.4. The summed E-state index contributed by atoms with van der Waals surface area (Å²) in [6, 6.07) is 0. The van der Waals surface area contributed by atoms with Gasteiger partial charge in [-0.3, -0.25) is 20.2 Å². The van der Waals surface area contributed by atoms with Crippen LogP contribution in [0.2, 0.25) is 0 Å². The van der Waals surface area contributed by atoms with Crippen molar-refractivity contribution in [1.29, 1.82) is 0 Å². The minimum atomic E-state index is -5.76. The Morgan fingerprint density at radius 1 is 1.19 bits per heavy atom. The molecule has 1 aliphatic heterocycles.